The van der Waals surface area contributed by atoms with E-state index in [1.807, 2.05) is 6.07 Å². The summed E-state index contributed by atoms with van der Waals surface area (Å²) < 4.78 is 0.729. The molecule has 6 heteroatoms. The number of nitriles is 1. The molecule has 0 atom stereocenters. The summed E-state index contributed by atoms with van der Waals surface area (Å²) >= 11 is 3.33. The maximum Gasteiger partial charge on any atom is 0.323 e. The highest BCUT2D eigenvalue weighted by molar-refractivity contribution is 9.10. The van der Waals surface area contributed by atoms with Crippen LogP contribution >= 0.6 is 15.9 Å². The van der Waals surface area contributed by atoms with Gasteiger partial charge < -0.3 is 16.4 Å². The molecule has 20 heavy (non-hydrogen) atoms. The molecular formula is C14H11BrN4O. The Hall–Kier alpha value is -2.52. The van der Waals surface area contributed by atoms with E-state index in [-0.39, 0.29) is 0 Å². The number of anilines is 3. The molecule has 4 N–H and O–H groups in total. The molecule has 2 amide bonds. The van der Waals surface area contributed by atoms with Crippen LogP contribution in [0.4, 0.5) is 21.9 Å². The van der Waals surface area contributed by atoms with E-state index in [2.05, 4.69) is 26.6 Å². The lowest BCUT2D eigenvalue weighted by atomic mass is 10.2. The van der Waals surface area contributed by atoms with Crippen LogP contribution in [0, 0.1) is 11.3 Å². The van der Waals surface area contributed by atoms with Gasteiger partial charge in [-0.05, 0) is 52.3 Å². The van der Waals surface area contributed by atoms with Crippen molar-refractivity contribution >= 4 is 39.0 Å². The van der Waals surface area contributed by atoms with Gasteiger partial charge in [0.25, 0.3) is 0 Å². The van der Waals surface area contributed by atoms with Gasteiger partial charge in [0, 0.05) is 15.8 Å². The van der Waals surface area contributed by atoms with E-state index in [1.165, 1.54) is 0 Å². The summed E-state index contributed by atoms with van der Waals surface area (Å²) in [6.07, 6.45) is 0. The molecule has 2 aromatic carbocycles. The molecule has 0 spiro atoms. The number of rotatable bonds is 2. The Morgan fingerprint density at radius 2 is 2.00 bits per heavy atom. The number of carbonyl (C=O) groups is 1. The first kappa shape index (κ1) is 13.9. The number of nitrogen functional groups attached to an aromatic ring is 1. The minimum atomic E-state index is -0.411. The van der Waals surface area contributed by atoms with Crippen molar-refractivity contribution in [3.8, 4) is 6.07 Å². The lowest BCUT2D eigenvalue weighted by Crippen LogP contribution is -2.19. The lowest BCUT2D eigenvalue weighted by molar-refractivity contribution is 0.262. The summed E-state index contributed by atoms with van der Waals surface area (Å²) in [5, 5.41) is 14.1. The maximum absolute atomic E-state index is 11.9. The minimum absolute atomic E-state index is 0.411. The summed E-state index contributed by atoms with van der Waals surface area (Å²) in [4.78, 5) is 11.9. The third-order valence-electron chi connectivity index (χ3n) is 2.49. The monoisotopic (exact) mass is 330 g/mol. The molecule has 0 aliphatic heterocycles. The molecule has 0 heterocycles. The van der Waals surface area contributed by atoms with Crippen LogP contribution in [-0.2, 0) is 0 Å². The Morgan fingerprint density at radius 3 is 2.75 bits per heavy atom. The van der Waals surface area contributed by atoms with Crippen molar-refractivity contribution in [2.24, 2.45) is 0 Å². The molecule has 0 aliphatic carbocycles. The number of amides is 2. The van der Waals surface area contributed by atoms with Gasteiger partial charge in [-0.3, -0.25) is 0 Å². The Kier molecular flexibility index (Phi) is 4.23. The van der Waals surface area contributed by atoms with Crippen molar-refractivity contribution in [3.63, 3.8) is 0 Å². The van der Waals surface area contributed by atoms with Gasteiger partial charge >= 0.3 is 6.03 Å². The molecule has 100 valence electrons. The SMILES string of the molecule is N#Cc1cccc(NC(=O)Nc2cc(N)ccc2Br)c1. The van der Waals surface area contributed by atoms with E-state index in [0.717, 1.165) is 4.47 Å². The molecule has 0 radical (unpaired) electrons. The van der Waals surface area contributed by atoms with Gasteiger partial charge in [-0.1, -0.05) is 6.07 Å². The number of hydrogen-bond acceptors (Lipinski definition) is 3. The third kappa shape index (κ3) is 3.49. The fraction of sp³-hybridized carbons (Fsp3) is 0. The summed E-state index contributed by atoms with van der Waals surface area (Å²) in [5.74, 6) is 0. The van der Waals surface area contributed by atoms with Crippen LogP contribution in [-0.4, -0.2) is 6.03 Å². The zero-order chi connectivity index (χ0) is 14.5. The van der Waals surface area contributed by atoms with Crippen molar-refractivity contribution in [2.75, 3.05) is 16.4 Å². The van der Waals surface area contributed by atoms with Gasteiger partial charge in [0.1, 0.15) is 0 Å². The third-order valence-corrected chi connectivity index (χ3v) is 3.18. The number of nitrogens with zero attached hydrogens (tertiary/aromatic N) is 1. The normalized spacial score (nSPS) is 9.60. The number of benzene rings is 2. The molecule has 0 unspecified atom stereocenters. The van der Waals surface area contributed by atoms with Crippen molar-refractivity contribution < 1.29 is 4.79 Å². The Balaban J connectivity index is 2.09. The highest BCUT2D eigenvalue weighted by Gasteiger charge is 2.06. The molecule has 5 nitrogen and oxygen atoms in total. The van der Waals surface area contributed by atoms with Gasteiger partial charge in [-0.2, -0.15) is 5.26 Å². The summed E-state index contributed by atoms with van der Waals surface area (Å²) in [6.45, 7) is 0. The van der Waals surface area contributed by atoms with Gasteiger partial charge in [0.05, 0.1) is 17.3 Å². The first-order chi connectivity index (χ1) is 9.58. The standard InChI is InChI=1S/C14H11BrN4O/c15-12-5-4-10(17)7-13(12)19-14(20)18-11-3-1-2-9(6-11)8-16/h1-7H,17H2,(H2,18,19,20). The van der Waals surface area contributed by atoms with Crippen molar-refractivity contribution in [1.82, 2.24) is 0 Å². The average molecular weight is 331 g/mol. The molecule has 2 aromatic rings. The number of halogens is 1. The van der Waals surface area contributed by atoms with Crippen LogP contribution in [0.25, 0.3) is 0 Å². The smallest absolute Gasteiger partial charge is 0.323 e. The van der Waals surface area contributed by atoms with Crippen molar-refractivity contribution in [1.29, 1.82) is 5.26 Å². The lowest BCUT2D eigenvalue weighted by Gasteiger charge is -2.10. The molecular weight excluding hydrogens is 320 g/mol. The largest absolute Gasteiger partial charge is 0.399 e. The maximum atomic E-state index is 11.9. The number of urea groups is 1. The first-order valence-electron chi connectivity index (χ1n) is 5.71. The number of nitrogens with two attached hydrogens (primary N) is 1. The summed E-state index contributed by atoms with van der Waals surface area (Å²) in [6, 6.07) is 13.4. The van der Waals surface area contributed by atoms with Gasteiger partial charge in [-0.15, -0.1) is 0 Å². The number of nitrogens with one attached hydrogen (secondary N) is 2. The minimum Gasteiger partial charge on any atom is -0.399 e. The summed E-state index contributed by atoms with van der Waals surface area (Å²) in [7, 11) is 0. The predicted molar refractivity (Wildman–Crippen MR) is 82.4 cm³/mol. The molecule has 0 saturated heterocycles. The quantitative estimate of drug-likeness (QED) is 0.735. The second-order valence-electron chi connectivity index (χ2n) is 4.01. The van der Waals surface area contributed by atoms with Gasteiger partial charge in [0.15, 0.2) is 0 Å². The summed E-state index contributed by atoms with van der Waals surface area (Å²) in [5.41, 5.74) is 7.81. The second kappa shape index (κ2) is 6.08. The van der Waals surface area contributed by atoms with Crippen molar-refractivity contribution in [2.45, 2.75) is 0 Å². The number of hydrogen-bond donors (Lipinski definition) is 3. The second-order valence-corrected chi connectivity index (χ2v) is 4.87. The fourth-order valence-electron chi connectivity index (χ4n) is 1.59. The van der Waals surface area contributed by atoms with E-state index in [0.29, 0.717) is 22.6 Å². The topological polar surface area (TPSA) is 90.9 Å². The van der Waals surface area contributed by atoms with E-state index in [9.17, 15) is 4.79 Å². The van der Waals surface area contributed by atoms with Crippen LogP contribution in [0.3, 0.4) is 0 Å². The van der Waals surface area contributed by atoms with Crippen LogP contribution < -0.4 is 16.4 Å². The Morgan fingerprint density at radius 1 is 1.20 bits per heavy atom. The van der Waals surface area contributed by atoms with Crippen molar-refractivity contribution in [3.05, 3.63) is 52.5 Å². The van der Waals surface area contributed by atoms with E-state index in [1.54, 1.807) is 42.5 Å². The highest BCUT2D eigenvalue weighted by Crippen LogP contribution is 2.24. The van der Waals surface area contributed by atoms with Gasteiger partial charge in [-0.25, -0.2) is 4.79 Å². The van der Waals surface area contributed by atoms with E-state index < -0.39 is 6.03 Å². The Labute approximate surface area is 124 Å². The van der Waals surface area contributed by atoms with Crippen LogP contribution in [0.1, 0.15) is 5.56 Å². The highest BCUT2D eigenvalue weighted by atomic mass is 79.9. The molecule has 0 bridgehead atoms. The first-order valence-corrected chi connectivity index (χ1v) is 6.51. The van der Waals surface area contributed by atoms with Crippen LogP contribution in [0.2, 0.25) is 0 Å². The fourth-order valence-corrected chi connectivity index (χ4v) is 1.94. The number of carbonyl (C=O) groups excluding carboxylic acids is 1. The van der Waals surface area contributed by atoms with Crippen LogP contribution in [0.5, 0.6) is 0 Å². The molecule has 0 aromatic heterocycles. The van der Waals surface area contributed by atoms with Crippen LogP contribution in [0.15, 0.2) is 46.9 Å². The zero-order valence-corrected chi connectivity index (χ0v) is 11.9. The average Bonchev–Trinajstić information content (AvgIpc) is 2.43. The molecule has 0 fully saturated rings. The van der Waals surface area contributed by atoms with E-state index in [4.69, 9.17) is 11.0 Å². The molecule has 2 rings (SSSR count). The van der Waals surface area contributed by atoms with Gasteiger partial charge in [0.2, 0.25) is 0 Å². The van der Waals surface area contributed by atoms with E-state index >= 15 is 0 Å². The predicted octanol–water partition coefficient (Wildman–Crippen LogP) is 3.55. The molecule has 0 saturated carbocycles. The Bertz CT molecular complexity index is 694. The zero-order valence-electron chi connectivity index (χ0n) is 10.4. The molecule has 0 aliphatic rings.